The molecule has 2 aromatic rings. The largest absolute Gasteiger partial charge is 0.493 e. The van der Waals surface area contributed by atoms with E-state index in [0.29, 0.717) is 10.2 Å². The highest BCUT2D eigenvalue weighted by molar-refractivity contribution is 14.1. The van der Waals surface area contributed by atoms with Gasteiger partial charge in [-0.3, -0.25) is 4.79 Å². The molecule has 1 atom stereocenters. The summed E-state index contributed by atoms with van der Waals surface area (Å²) >= 11 is 2.06. The van der Waals surface area contributed by atoms with Gasteiger partial charge in [0.25, 0.3) is 5.56 Å². The maximum absolute atomic E-state index is 12.0. The molecule has 3 rings (SSSR count). The number of H-pyrrole nitrogens is 1. The molecule has 104 valence electrons. The lowest BCUT2D eigenvalue weighted by Crippen LogP contribution is -2.23. The number of aryl methyl sites for hydroxylation is 1. The van der Waals surface area contributed by atoms with Crippen molar-refractivity contribution in [3.05, 3.63) is 55.3 Å². The van der Waals surface area contributed by atoms with E-state index in [0.717, 1.165) is 35.7 Å². The normalized spacial score (nSPS) is 17.4. The summed E-state index contributed by atoms with van der Waals surface area (Å²) in [5.41, 5.74) is 1.93. The van der Waals surface area contributed by atoms with Gasteiger partial charge in [0.05, 0.1) is 15.9 Å². The predicted molar refractivity (Wildman–Crippen MR) is 85.3 cm³/mol. The third kappa shape index (κ3) is 2.34. The van der Waals surface area contributed by atoms with Gasteiger partial charge in [-0.15, -0.1) is 0 Å². The van der Waals surface area contributed by atoms with Crippen molar-refractivity contribution in [1.29, 1.82) is 0 Å². The number of nitrogens with zero attached hydrogens (tertiary/aromatic N) is 1. The number of halogens is 1. The minimum atomic E-state index is -0.0450. The summed E-state index contributed by atoms with van der Waals surface area (Å²) in [6.45, 7) is 2.67. The van der Waals surface area contributed by atoms with Crippen molar-refractivity contribution >= 4 is 22.6 Å². The summed E-state index contributed by atoms with van der Waals surface area (Å²) in [7, 11) is 0. The number of aromatic nitrogens is 2. The second kappa shape index (κ2) is 5.55. The zero-order valence-corrected chi connectivity index (χ0v) is 13.3. The Kier molecular flexibility index (Phi) is 3.78. The molecule has 0 spiro atoms. The zero-order chi connectivity index (χ0) is 14.1. The first-order valence-corrected chi connectivity index (χ1v) is 7.79. The van der Waals surface area contributed by atoms with Crippen LogP contribution in [0.25, 0.3) is 0 Å². The molecule has 2 heterocycles. The Labute approximate surface area is 130 Å². The molecule has 4 nitrogen and oxygen atoms in total. The van der Waals surface area contributed by atoms with E-state index in [1.807, 2.05) is 31.2 Å². The Morgan fingerprint density at radius 1 is 1.45 bits per heavy atom. The molecule has 0 bridgehead atoms. The fourth-order valence-electron chi connectivity index (χ4n) is 2.55. The minimum Gasteiger partial charge on any atom is -0.493 e. The lowest BCUT2D eigenvalue weighted by molar-refractivity contribution is 0.274. The van der Waals surface area contributed by atoms with Crippen LogP contribution in [0.15, 0.2) is 29.1 Å². The Bertz CT molecular complexity index is 697. The number of rotatable bonds is 2. The average Bonchev–Trinajstić information content (AvgIpc) is 2.49. The molecule has 1 aliphatic heterocycles. The second-order valence-electron chi connectivity index (χ2n) is 4.79. The second-order valence-corrected chi connectivity index (χ2v) is 5.87. The van der Waals surface area contributed by atoms with E-state index < -0.39 is 0 Å². The molecule has 1 N–H and O–H groups in total. The molecule has 0 saturated carbocycles. The summed E-state index contributed by atoms with van der Waals surface area (Å²) in [4.78, 5) is 19.6. The lowest BCUT2D eigenvalue weighted by Gasteiger charge is -2.25. The van der Waals surface area contributed by atoms with Gasteiger partial charge in [0.1, 0.15) is 11.6 Å². The molecule has 1 aromatic heterocycles. The first kappa shape index (κ1) is 13.6. The van der Waals surface area contributed by atoms with Crippen LogP contribution >= 0.6 is 22.6 Å². The Morgan fingerprint density at radius 3 is 3.05 bits per heavy atom. The SMILES string of the molecule is CCc1nc(C2CCOc3ccccc32)[nH]c(=O)c1I. The molecular weight excluding hydrogens is 367 g/mol. The van der Waals surface area contributed by atoms with E-state index in [1.165, 1.54) is 0 Å². The van der Waals surface area contributed by atoms with Crippen LogP contribution in [-0.2, 0) is 6.42 Å². The molecule has 0 radical (unpaired) electrons. The maximum atomic E-state index is 12.0. The highest BCUT2D eigenvalue weighted by Crippen LogP contribution is 2.36. The van der Waals surface area contributed by atoms with Gasteiger partial charge in [-0.05, 0) is 41.5 Å². The number of hydrogen-bond donors (Lipinski definition) is 1. The van der Waals surface area contributed by atoms with Gasteiger partial charge in [0, 0.05) is 11.5 Å². The summed E-state index contributed by atoms with van der Waals surface area (Å²) in [5, 5.41) is 0. The van der Waals surface area contributed by atoms with Gasteiger partial charge in [0.2, 0.25) is 0 Å². The minimum absolute atomic E-state index is 0.0450. The van der Waals surface area contributed by atoms with Crippen molar-refractivity contribution in [2.75, 3.05) is 6.61 Å². The Hall–Kier alpha value is -1.37. The molecule has 0 aliphatic carbocycles. The van der Waals surface area contributed by atoms with Crippen molar-refractivity contribution in [3.8, 4) is 5.75 Å². The average molecular weight is 382 g/mol. The number of benzene rings is 1. The van der Waals surface area contributed by atoms with Crippen molar-refractivity contribution < 1.29 is 4.74 Å². The van der Waals surface area contributed by atoms with Crippen LogP contribution in [0.3, 0.4) is 0 Å². The fourth-order valence-corrected chi connectivity index (χ4v) is 3.19. The lowest BCUT2D eigenvalue weighted by atomic mass is 9.92. The monoisotopic (exact) mass is 382 g/mol. The first-order valence-electron chi connectivity index (χ1n) is 6.71. The highest BCUT2D eigenvalue weighted by Gasteiger charge is 2.25. The molecule has 20 heavy (non-hydrogen) atoms. The third-order valence-corrected chi connectivity index (χ3v) is 4.69. The van der Waals surface area contributed by atoms with Crippen molar-refractivity contribution in [2.45, 2.75) is 25.7 Å². The smallest absolute Gasteiger partial charge is 0.264 e. The Morgan fingerprint density at radius 2 is 2.25 bits per heavy atom. The van der Waals surface area contributed by atoms with Crippen LogP contribution in [0.2, 0.25) is 0 Å². The molecule has 5 heteroatoms. The fraction of sp³-hybridized carbons (Fsp3) is 0.333. The van der Waals surface area contributed by atoms with Gasteiger partial charge in [-0.1, -0.05) is 25.1 Å². The molecule has 1 unspecified atom stereocenters. The van der Waals surface area contributed by atoms with Crippen LogP contribution in [0.5, 0.6) is 5.75 Å². The first-order chi connectivity index (χ1) is 9.70. The summed E-state index contributed by atoms with van der Waals surface area (Å²) in [6, 6.07) is 7.96. The van der Waals surface area contributed by atoms with Gasteiger partial charge in [0.15, 0.2) is 0 Å². The molecule has 0 amide bonds. The number of hydrogen-bond acceptors (Lipinski definition) is 3. The molecule has 1 aliphatic rings. The third-order valence-electron chi connectivity index (χ3n) is 3.57. The molecule has 1 aromatic carbocycles. The number of ether oxygens (including phenoxy) is 1. The summed E-state index contributed by atoms with van der Waals surface area (Å²) in [5.74, 6) is 1.75. The number of nitrogens with one attached hydrogen (secondary N) is 1. The van der Waals surface area contributed by atoms with Gasteiger partial charge in [-0.2, -0.15) is 0 Å². The van der Waals surface area contributed by atoms with Crippen LogP contribution in [-0.4, -0.2) is 16.6 Å². The van der Waals surface area contributed by atoms with E-state index in [-0.39, 0.29) is 11.5 Å². The van der Waals surface area contributed by atoms with Crippen molar-refractivity contribution in [3.63, 3.8) is 0 Å². The topological polar surface area (TPSA) is 55.0 Å². The van der Waals surface area contributed by atoms with E-state index in [4.69, 9.17) is 4.74 Å². The highest BCUT2D eigenvalue weighted by atomic mass is 127. The molecule has 0 fully saturated rings. The van der Waals surface area contributed by atoms with Crippen LogP contribution < -0.4 is 10.3 Å². The predicted octanol–water partition coefficient (Wildman–Crippen LogP) is 2.85. The van der Waals surface area contributed by atoms with Crippen LogP contribution in [0, 0.1) is 3.57 Å². The zero-order valence-electron chi connectivity index (χ0n) is 11.1. The number of aromatic amines is 1. The van der Waals surface area contributed by atoms with Crippen molar-refractivity contribution in [2.24, 2.45) is 0 Å². The van der Waals surface area contributed by atoms with E-state index >= 15 is 0 Å². The number of fused-ring (bicyclic) bond motifs is 1. The summed E-state index contributed by atoms with van der Waals surface area (Å²) < 4.78 is 6.35. The van der Waals surface area contributed by atoms with Crippen LogP contribution in [0.1, 0.15) is 36.3 Å². The van der Waals surface area contributed by atoms with Crippen LogP contribution in [0.4, 0.5) is 0 Å². The quantitative estimate of drug-likeness (QED) is 0.813. The number of para-hydroxylation sites is 1. The van der Waals surface area contributed by atoms with E-state index in [1.54, 1.807) is 0 Å². The molecular formula is C15H15IN2O2. The molecule has 0 saturated heterocycles. The summed E-state index contributed by atoms with van der Waals surface area (Å²) in [6.07, 6.45) is 1.60. The Balaban J connectivity index is 2.11. The van der Waals surface area contributed by atoms with E-state index in [2.05, 4.69) is 32.6 Å². The maximum Gasteiger partial charge on any atom is 0.264 e. The van der Waals surface area contributed by atoms with Crippen molar-refractivity contribution in [1.82, 2.24) is 9.97 Å². The standard InChI is InChI=1S/C15H15IN2O2/c1-2-11-13(16)15(19)18-14(17-11)10-7-8-20-12-6-4-3-5-9(10)12/h3-6,10H,2,7-8H2,1H3,(H,17,18,19). The van der Waals surface area contributed by atoms with E-state index in [9.17, 15) is 4.79 Å². The van der Waals surface area contributed by atoms with Gasteiger partial charge in [-0.25, -0.2) is 4.98 Å². The van der Waals surface area contributed by atoms with Gasteiger partial charge >= 0.3 is 0 Å². The van der Waals surface area contributed by atoms with Gasteiger partial charge < -0.3 is 9.72 Å².